The Hall–Kier alpha value is -1.23. The lowest BCUT2D eigenvalue weighted by atomic mass is 10.1. The molecule has 0 saturated heterocycles. The van der Waals surface area contributed by atoms with Gasteiger partial charge in [0.1, 0.15) is 6.42 Å². The number of ketones is 1. The highest BCUT2D eigenvalue weighted by atomic mass is 32.2. The van der Waals surface area contributed by atoms with Crippen LogP contribution in [0.25, 0.3) is 0 Å². The normalized spacial score (nSPS) is 10.9. The van der Waals surface area contributed by atoms with Crippen LogP contribution in [0.2, 0.25) is 0 Å². The number of thioether (sulfide) groups is 1. The Bertz CT molecular complexity index is 481. The SMILES string of the molecule is CCCCCCCCCCCCSc1ccc(C(=O)CC(=O)O)o1. The lowest BCUT2D eigenvalue weighted by Gasteiger charge is -2.02. The zero-order valence-electron chi connectivity index (χ0n) is 14.7. The number of carboxylic acids is 1. The van der Waals surface area contributed by atoms with Crippen molar-refractivity contribution in [3.63, 3.8) is 0 Å². The van der Waals surface area contributed by atoms with Crippen molar-refractivity contribution in [1.82, 2.24) is 0 Å². The Kier molecular flexibility index (Phi) is 11.4. The van der Waals surface area contributed by atoms with Crippen LogP contribution in [0.15, 0.2) is 21.6 Å². The van der Waals surface area contributed by atoms with Gasteiger partial charge in [-0.1, -0.05) is 76.5 Å². The van der Waals surface area contributed by atoms with E-state index in [1.54, 1.807) is 23.9 Å². The van der Waals surface area contributed by atoms with E-state index in [1.165, 1.54) is 57.8 Å². The number of aliphatic carboxylic acids is 1. The first kappa shape index (κ1) is 20.8. The molecule has 0 bridgehead atoms. The molecule has 0 unspecified atom stereocenters. The van der Waals surface area contributed by atoms with Gasteiger partial charge in [-0.15, -0.1) is 0 Å². The van der Waals surface area contributed by atoms with Gasteiger partial charge in [-0.3, -0.25) is 9.59 Å². The number of carboxylic acid groups (broad SMARTS) is 1. The highest BCUT2D eigenvalue weighted by Gasteiger charge is 2.14. The molecule has 0 aliphatic rings. The molecule has 1 rings (SSSR count). The lowest BCUT2D eigenvalue weighted by Crippen LogP contribution is -2.05. The summed E-state index contributed by atoms with van der Waals surface area (Å²) in [6.45, 7) is 2.25. The van der Waals surface area contributed by atoms with E-state index in [0.29, 0.717) is 5.09 Å². The number of rotatable bonds is 15. The van der Waals surface area contributed by atoms with Crippen LogP contribution >= 0.6 is 11.8 Å². The summed E-state index contributed by atoms with van der Waals surface area (Å²) in [5.74, 6) is -0.497. The third-order valence-corrected chi connectivity index (χ3v) is 4.91. The second kappa shape index (κ2) is 13.1. The molecule has 0 aliphatic carbocycles. The van der Waals surface area contributed by atoms with Gasteiger partial charge in [0.05, 0.1) is 0 Å². The van der Waals surface area contributed by atoms with Crippen molar-refractivity contribution in [3.8, 4) is 0 Å². The summed E-state index contributed by atoms with van der Waals surface area (Å²) < 4.78 is 5.39. The van der Waals surface area contributed by atoms with E-state index in [9.17, 15) is 9.59 Å². The predicted molar refractivity (Wildman–Crippen MR) is 97.9 cm³/mol. The summed E-state index contributed by atoms with van der Waals surface area (Å²) in [5.41, 5.74) is 0. The van der Waals surface area contributed by atoms with Crippen molar-refractivity contribution in [1.29, 1.82) is 0 Å². The largest absolute Gasteiger partial charge is 0.481 e. The third-order valence-electron chi connectivity index (χ3n) is 3.91. The Labute approximate surface area is 149 Å². The number of Topliss-reactive ketones (excluding diaryl/α,β-unsaturated/α-hetero) is 1. The lowest BCUT2D eigenvalue weighted by molar-refractivity contribution is -0.135. The predicted octanol–water partition coefficient (Wildman–Crippen LogP) is 5.95. The van der Waals surface area contributed by atoms with Crippen molar-refractivity contribution in [3.05, 3.63) is 17.9 Å². The second-order valence-corrected chi connectivity index (χ2v) is 7.24. The van der Waals surface area contributed by atoms with Crippen LogP contribution in [0.3, 0.4) is 0 Å². The van der Waals surface area contributed by atoms with Gasteiger partial charge in [-0.05, 0) is 18.6 Å². The van der Waals surface area contributed by atoms with Gasteiger partial charge >= 0.3 is 5.97 Å². The number of hydrogen-bond acceptors (Lipinski definition) is 4. The Morgan fingerprint density at radius 1 is 0.958 bits per heavy atom. The summed E-state index contributed by atoms with van der Waals surface area (Å²) in [7, 11) is 0. The zero-order chi connectivity index (χ0) is 17.6. The molecule has 136 valence electrons. The molecule has 1 aromatic rings. The van der Waals surface area contributed by atoms with Crippen molar-refractivity contribution >= 4 is 23.5 Å². The van der Waals surface area contributed by atoms with E-state index in [1.807, 2.05) is 0 Å². The highest BCUT2D eigenvalue weighted by Crippen LogP contribution is 2.23. The standard InChI is InChI=1S/C19H30O4S/c1-2-3-4-5-6-7-8-9-10-11-14-24-19-13-12-17(23-19)16(20)15-18(21)22/h12-13H,2-11,14-15H2,1H3,(H,21,22). The van der Waals surface area contributed by atoms with Crippen LogP contribution < -0.4 is 0 Å². The third kappa shape index (κ3) is 9.81. The van der Waals surface area contributed by atoms with Crippen LogP contribution in [0.1, 0.15) is 88.1 Å². The molecule has 24 heavy (non-hydrogen) atoms. The van der Waals surface area contributed by atoms with E-state index in [4.69, 9.17) is 9.52 Å². The second-order valence-electron chi connectivity index (χ2n) is 6.14. The van der Waals surface area contributed by atoms with Crippen molar-refractivity contribution in [2.24, 2.45) is 0 Å². The molecule has 5 heteroatoms. The first-order valence-corrected chi connectivity index (χ1v) is 10.1. The van der Waals surface area contributed by atoms with E-state index in [0.717, 1.165) is 12.2 Å². The van der Waals surface area contributed by atoms with Gasteiger partial charge in [0.2, 0.25) is 5.78 Å². The molecule has 1 aromatic heterocycles. The number of carbonyl (C=O) groups is 2. The van der Waals surface area contributed by atoms with E-state index in [-0.39, 0.29) is 5.76 Å². The number of hydrogen-bond donors (Lipinski definition) is 1. The van der Waals surface area contributed by atoms with Gasteiger partial charge in [0.25, 0.3) is 0 Å². The Morgan fingerprint density at radius 2 is 1.54 bits per heavy atom. The summed E-state index contributed by atoms with van der Waals surface area (Å²) in [6, 6.07) is 3.31. The van der Waals surface area contributed by atoms with Gasteiger partial charge in [0.15, 0.2) is 10.9 Å². The maximum atomic E-state index is 11.5. The quantitative estimate of drug-likeness (QED) is 0.182. The molecule has 0 aromatic carbocycles. The van der Waals surface area contributed by atoms with Gasteiger partial charge < -0.3 is 9.52 Å². The summed E-state index contributed by atoms with van der Waals surface area (Å²) in [6.07, 6.45) is 12.6. The molecular formula is C19H30O4S. The van der Waals surface area contributed by atoms with Gasteiger partial charge in [0, 0.05) is 5.75 Å². The van der Waals surface area contributed by atoms with Gasteiger partial charge in [-0.2, -0.15) is 0 Å². The van der Waals surface area contributed by atoms with Crippen molar-refractivity contribution in [2.45, 2.75) is 82.6 Å². The van der Waals surface area contributed by atoms with Gasteiger partial charge in [-0.25, -0.2) is 0 Å². The average Bonchev–Trinajstić information content (AvgIpc) is 3.01. The number of unbranched alkanes of at least 4 members (excludes halogenated alkanes) is 9. The first-order chi connectivity index (χ1) is 11.6. The number of furan rings is 1. The minimum absolute atomic E-state index is 0.142. The van der Waals surface area contributed by atoms with Crippen LogP contribution in [-0.4, -0.2) is 22.6 Å². The van der Waals surface area contributed by atoms with E-state index < -0.39 is 18.2 Å². The Balaban J connectivity index is 2.01. The average molecular weight is 355 g/mol. The number of carbonyl (C=O) groups excluding carboxylic acids is 1. The van der Waals surface area contributed by atoms with E-state index in [2.05, 4.69) is 6.92 Å². The molecule has 1 N–H and O–H groups in total. The van der Waals surface area contributed by atoms with Crippen molar-refractivity contribution in [2.75, 3.05) is 5.75 Å². The van der Waals surface area contributed by atoms with Crippen LogP contribution in [0.5, 0.6) is 0 Å². The maximum absolute atomic E-state index is 11.5. The summed E-state index contributed by atoms with van der Waals surface area (Å²) in [5, 5.41) is 9.29. The van der Waals surface area contributed by atoms with Crippen LogP contribution in [0.4, 0.5) is 0 Å². The molecule has 0 fully saturated rings. The maximum Gasteiger partial charge on any atom is 0.311 e. The molecule has 0 amide bonds. The monoisotopic (exact) mass is 354 g/mol. The molecule has 4 nitrogen and oxygen atoms in total. The summed E-state index contributed by atoms with van der Waals surface area (Å²) in [4.78, 5) is 22.1. The smallest absolute Gasteiger partial charge is 0.311 e. The molecular weight excluding hydrogens is 324 g/mol. The molecule has 0 saturated carbocycles. The molecule has 0 atom stereocenters. The molecule has 1 heterocycles. The topological polar surface area (TPSA) is 67.5 Å². The van der Waals surface area contributed by atoms with Crippen molar-refractivity contribution < 1.29 is 19.1 Å². The minimum atomic E-state index is -1.13. The minimum Gasteiger partial charge on any atom is -0.481 e. The van der Waals surface area contributed by atoms with Crippen LogP contribution in [-0.2, 0) is 4.79 Å². The molecule has 0 radical (unpaired) electrons. The fourth-order valence-corrected chi connectivity index (χ4v) is 3.40. The Morgan fingerprint density at radius 3 is 2.12 bits per heavy atom. The highest BCUT2D eigenvalue weighted by molar-refractivity contribution is 7.99. The molecule has 0 aliphatic heterocycles. The summed E-state index contributed by atoms with van der Waals surface area (Å²) >= 11 is 1.59. The zero-order valence-corrected chi connectivity index (χ0v) is 15.5. The fraction of sp³-hybridized carbons (Fsp3) is 0.684. The van der Waals surface area contributed by atoms with Crippen LogP contribution in [0, 0.1) is 0 Å². The fourth-order valence-electron chi connectivity index (χ4n) is 2.53. The van der Waals surface area contributed by atoms with E-state index >= 15 is 0 Å². The first-order valence-electron chi connectivity index (χ1n) is 9.11. The molecule has 0 spiro atoms.